The highest BCUT2D eigenvalue weighted by molar-refractivity contribution is 9.10. The van der Waals surface area contributed by atoms with Crippen molar-refractivity contribution in [3.63, 3.8) is 0 Å². The lowest BCUT2D eigenvalue weighted by Gasteiger charge is -2.28. The van der Waals surface area contributed by atoms with Crippen molar-refractivity contribution in [1.29, 1.82) is 0 Å². The van der Waals surface area contributed by atoms with E-state index in [1.165, 1.54) is 12.1 Å². The van der Waals surface area contributed by atoms with Crippen LogP contribution in [-0.2, 0) is 0 Å². The average Bonchev–Trinajstić information content (AvgIpc) is 2.87. The predicted molar refractivity (Wildman–Crippen MR) is 86.4 cm³/mol. The van der Waals surface area contributed by atoms with Gasteiger partial charge in [0.1, 0.15) is 0 Å². The standard InChI is InChI=1S/C15H22BrN3O/c1-15(2,3)11-6-7-19(9-11)13-5-4-10(8-12(13)16)14(17)18-20/h4-5,8,11,20H,6-7,9H2,1-3H3,(H2,17,18). The van der Waals surface area contributed by atoms with Crippen LogP contribution in [-0.4, -0.2) is 24.1 Å². The second-order valence-electron chi connectivity index (χ2n) is 6.45. The zero-order valence-electron chi connectivity index (χ0n) is 12.2. The van der Waals surface area contributed by atoms with E-state index in [0.29, 0.717) is 11.3 Å². The summed E-state index contributed by atoms with van der Waals surface area (Å²) in [4.78, 5) is 2.40. The summed E-state index contributed by atoms with van der Waals surface area (Å²) in [6, 6.07) is 5.82. The molecule has 1 heterocycles. The van der Waals surface area contributed by atoms with Crippen molar-refractivity contribution in [3.05, 3.63) is 28.2 Å². The number of hydrogen-bond donors (Lipinski definition) is 2. The molecule has 0 amide bonds. The van der Waals surface area contributed by atoms with Gasteiger partial charge >= 0.3 is 0 Å². The van der Waals surface area contributed by atoms with Crippen LogP contribution in [0.4, 0.5) is 5.69 Å². The molecular formula is C15H22BrN3O. The van der Waals surface area contributed by atoms with Crippen molar-refractivity contribution >= 4 is 27.5 Å². The molecule has 20 heavy (non-hydrogen) atoms. The topological polar surface area (TPSA) is 61.8 Å². The van der Waals surface area contributed by atoms with Gasteiger partial charge in [0, 0.05) is 23.1 Å². The summed E-state index contributed by atoms with van der Waals surface area (Å²) in [6.07, 6.45) is 1.22. The highest BCUT2D eigenvalue weighted by atomic mass is 79.9. The van der Waals surface area contributed by atoms with Crippen LogP contribution >= 0.6 is 15.9 Å². The van der Waals surface area contributed by atoms with Crippen LogP contribution in [0.5, 0.6) is 0 Å². The van der Waals surface area contributed by atoms with Crippen molar-refractivity contribution in [2.24, 2.45) is 22.2 Å². The van der Waals surface area contributed by atoms with Crippen LogP contribution in [0.1, 0.15) is 32.8 Å². The van der Waals surface area contributed by atoms with Gasteiger partial charge in [0.15, 0.2) is 5.84 Å². The number of nitrogens with zero attached hydrogens (tertiary/aromatic N) is 2. The molecule has 1 unspecified atom stereocenters. The van der Waals surface area contributed by atoms with Crippen molar-refractivity contribution in [2.45, 2.75) is 27.2 Å². The van der Waals surface area contributed by atoms with E-state index in [9.17, 15) is 0 Å². The van der Waals surface area contributed by atoms with E-state index in [-0.39, 0.29) is 5.84 Å². The fourth-order valence-corrected chi connectivity index (χ4v) is 3.30. The van der Waals surface area contributed by atoms with Crippen LogP contribution < -0.4 is 10.6 Å². The number of rotatable bonds is 2. The number of oxime groups is 1. The minimum atomic E-state index is 0.131. The highest BCUT2D eigenvalue weighted by Gasteiger charge is 2.32. The minimum Gasteiger partial charge on any atom is -0.409 e. The lowest BCUT2D eigenvalue weighted by atomic mass is 9.80. The van der Waals surface area contributed by atoms with Crippen molar-refractivity contribution in [1.82, 2.24) is 0 Å². The molecule has 1 aliphatic rings. The first-order chi connectivity index (χ1) is 9.32. The van der Waals surface area contributed by atoms with Gasteiger partial charge in [0.05, 0.1) is 5.69 Å². The van der Waals surface area contributed by atoms with E-state index >= 15 is 0 Å². The Morgan fingerprint density at radius 3 is 2.65 bits per heavy atom. The summed E-state index contributed by atoms with van der Waals surface area (Å²) in [5.74, 6) is 0.837. The number of amidine groups is 1. The normalized spacial score (nSPS) is 20.5. The van der Waals surface area contributed by atoms with Crippen LogP contribution in [0.3, 0.4) is 0 Å². The molecule has 0 aromatic heterocycles. The fourth-order valence-electron chi connectivity index (χ4n) is 2.67. The van der Waals surface area contributed by atoms with Crippen LogP contribution in [0.2, 0.25) is 0 Å². The average molecular weight is 340 g/mol. The number of nitrogens with two attached hydrogens (primary N) is 1. The lowest BCUT2D eigenvalue weighted by Crippen LogP contribution is -2.26. The molecule has 0 saturated carbocycles. The second-order valence-corrected chi connectivity index (χ2v) is 7.30. The van der Waals surface area contributed by atoms with Gasteiger partial charge in [-0.2, -0.15) is 0 Å². The van der Waals surface area contributed by atoms with Gasteiger partial charge < -0.3 is 15.8 Å². The Kier molecular flexibility index (Phi) is 4.28. The molecule has 0 radical (unpaired) electrons. The summed E-state index contributed by atoms with van der Waals surface area (Å²) < 4.78 is 0.983. The van der Waals surface area contributed by atoms with Crippen LogP contribution in [0.15, 0.2) is 27.8 Å². The maximum absolute atomic E-state index is 8.72. The molecule has 5 heteroatoms. The molecule has 1 aromatic rings. The Bertz CT molecular complexity index is 522. The first-order valence-electron chi connectivity index (χ1n) is 6.85. The number of halogens is 1. The van der Waals surface area contributed by atoms with Crippen molar-refractivity contribution < 1.29 is 5.21 Å². The molecule has 1 atom stereocenters. The van der Waals surface area contributed by atoms with Gasteiger partial charge in [-0.1, -0.05) is 25.9 Å². The number of anilines is 1. The van der Waals surface area contributed by atoms with E-state index in [2.05, 4.69) is 46.8 Å². The van der Waals surface area contributed by atoms with E-state index in [4.69, 9.17) is 10.9 Å². The zero-order valence-corrected chi connectivity index (χ0v) is 13.8. The lowest BCUT2D eigenvalue weighted by molar-refractivity contribution is 0.263. The largest absolute Gasteiger partial charge is 0.409 e. The van der Waals surface area contributed by atoms with Crippen molar-refractivity contribution in [2.75, 3.05) is 18.0 Å². The Morgan fingerprint density at radius 1 is 1.45 bits per heavy atom. The molecule has 0 bridgehead atoms. The summed E-state index contributed by atoms with van der Waals surface area (Å²) in [5, 5.41) is 11.8. The molecule has 0 spiro atoms. The van der Waals surface area contributed by atoms with Gasteiger partial charge in [0.2, 0.25) is 0 Å². The third kappa shape index (κ3) is 3.08. The van der Waals surface area contributed by atoms with E-state index in [1.54, 1.807) is 0 Å². The molecular weight excluding hydrogens is 318 g/mol. The Labute approximate surface area is 128 Å². The molecule has 2 rings (SSSR count). The van der Waals surface area contributed by atoms with E-state index < -0.39 is 0 Å². The first kappa shape index (κ1) is 15.2. The summed E-state index contributed by atoms with van der Waals surface area (Å²) in [6.45, 7) is 9.06. The van der Waals surface area contributed by atoms with Crippen LogP contribution in [0, 0.1) is 11.3 Å². The SMILES string of the molecule is CC(C)(C)C1CCN(c2ccc(/C(N)=N/O)cc2Br)C1. The quantitative estimate of drug-likeness (QED) is 0.375. The molecule has 1 saturated heterocycles. The summed E-state index contributed by atoms with van der Waals surface area (Å²) >= 11 is 3.59. The molecule has 4 nitrogen and oxygen atoms in total. The third-order valence-electron chi connectivity index (χ3n) is 4.10. The molecule has 1 aromatic carbocycles. The minimum absolute atomic E-state index is 0.131. The maximum atomic E-state index is 8.72. The molecule has 1 aliphatic heterocycles. The smallest absolute Gasteiger partial charge is 0.170 e. The summed E-state index contributed by atoms with van der Waals surface area (Å²) in [7, 11) is 0. The van der Waals surface area contributed by atoms with Gasteiger partial charge in [-0.3, -0.25) is 0 Å². The second kappa shape index (κ2) is 5.64. The Morgan fingerprint density at radius 2 is 2.15 bits per heavy atom. The highest BCUT2D eigenvalue weighted by Crippen LogP contribution is 2.38. The van der Waals surface area contributed by atoms with Gasteiger partial charge in [0.25, 0.3) is 0 Å². The molecule has 110 valence electrons. The third-order valence-corrected chi connectivity index (χ3v) is 4.74. The molecule has 0 aliphatic carbocycles. The summed E-state index contributed by atoms with van der Waals surface area (Å²) in [5.41, 5.74) is 7.84. The van der Waals surface area contributed by atoms with E-state index in [1.807, 2.05) is 18.2 Å². The van der Waals surface area contributed by atoms with Gasteiger partial charge in [-0.05, 0) is 51.9 Å². The van der Waals surface area contributed by atoms with Gasteiger partial charge in [-0.15, -0.1) is 0 Å². The Hall–Kier alpha value is -1.23. The molecule has 3 N–H and O–H groups in total. The van der Waals surface area contributed by atoms with Crippen molar-refractivity contribution in [3.8, 4) is 0 Å². The predicted octanol–water partition coefficient (Wildman–Crippen LogP) is 3.42. The maximum Gasteiger partial charge on any atom is 0.170 e. The first-order valence-corrected chi connectivity index (χ1v) is 7.64. The fraction of sp³-hybridized carbons (Fsp3) is 0.533. The Balaban J connectivity index is 2.19. The monoisotopic (exact) mass is 339 g/mol. The molecule has 1 fully saturated rings. The zero-order chi connectivity index (χ0) is 14.9. The number of benzene rings is 1. The van der Waals surface area contributed by atoms with Crippen LogP contribution in [0.25, 0.3) is 0 Å². The number of hydrogen-bond acceptors (Lipinski definition) is 3. The van der Waals surface area contributed by atoms with E-state index in [0.717, 1.165) is 23.1 Å². The van der Waals surface area contributed by atoms with Gasteiger partial charge in [-0.25, -0.2) is 0 Å².